The molecule has 0 spiro atoms. The number of nitrogens with zero attached hydrogens (tertiary/aromatic N) is 1. The minimum atomic E-state index is -1.05. The van der Waals surface area contributed by atoms with E-state index >= 15 is 0 Å². The molecule has 1 aliphatic heterocycles. The van der Waals surface area contributed by atoms with Crippen molar-refractivity contribution in [3.05, 3.63) is 29.3 Å². The van der Waals surface area contributed by atoms with Gasteiger partial charge < -0.3 is 10.4 Å². The molecule has 1 aromatic rings. The third kappa shape index (κ3) is 3.00. The molecule has 0 unspecified atom stereocenters. The highest BCUT2D eigenvalue weighted by Crippen LogP contribution is 2.16. The van der Waals surface area contributed by atoms with Gasteiger partial charge in [-0.1, -0.05) is 6.07 Å². The lowest BCUT2D eigenvalue weighted by atomic mass is 10.1. The first-order chi connectivity index (χ1) is 9.47. The van der Waals surface area contributed by atoms with Crippen molar-refractivity contribution in [1.29, 1.82) is 0 Å². The Morgan fingerprint density at radius 1 is 1.35 bits per heavy atom. The smallest absolute Gasteiger partial charge is 0.336 e. The van der Waals surface area contributed by atoms with Crippen LogP contribution in [0.2, 0.25) is 0 Å². The minimum absolute atomic E-state index is 0.127. The van der Waals surface area contributed by atoms with E-state index in [1.807, 2.05) is 0 Å². The van der Waals surface area contributed by atoms with E-state index in [9.17, 15) is 14.4 Å². The molecule has 0 saturated carbocycles. The van der Waals surface area contributed by atoms with Gasteiger partial charge in [0.1, 0.15) is 5.71 Å². The standard InChI is InChI=1S/C13H13N3O4/c1-7-2-3-8(6-9(7)13(19)20)14-12(18)10-4-5-11(17)16-15-10/h2-3,6H,4-5H2,1H3,(H,14,18)(H,16,17)(H,19,20). The van der Waals surface area contributed by atoms with E-state index in [2.05, 4.69) is 15.8 Å². The largest absolute Gasteiger partial charge is 0.478 e. The van der Waals surface area contributed by atoms with Gasteiger partial charge in [-0.25, -0.2) is 10.2 Å². The second-order valence-corrected chi connectivity index (χ2v) is 4.38. The van der Waals surface area contributed by atoms with Crippen molar-refractivity contribution < 1.29 is 19.5 Å². The monoisotopic (exact) mass is 275 g/mol. The summed E-state index contributed by atoms with van der Waals surface area (Å²) in [6, 6.07) is 4.61. The number of carbonyl (C=O) groups excluding carboxylic acids is 2. The van der Waals surface area contributed by atoms with E-state index in [1.54, 1.807) is 19.1 Å². The van der Waals surface area contributed by atoms with Crippen LogP contribution in [-0.4, -0.2) is 28.6 Å². The lowest BCUT2D eigenvalue weighted by Crippen LogP contribution is -2.32. The zero-order valence-corrected chi connectivity index (χ0v) is 10.8. The van der Waals surface area contributed by atoms with Crippen LogP contribution in [0.1, 0.15) is 28.8 Å². The van der Waals surface area contributed by atoms with Crippen LogP contribution in [0.4, 0.5) is 5.69 Å². The van der Waals surface area contributed by atoms with Crippen molar-refractivity contribution in [2.75, 3.05) is 5.32 Å². The number of aryl methyl sites for hydroxylation is 1. The molecule has 0 aromatic heterocycles. The number of carboxylic acid groups (broad SMARTS) is 1. The molecule has 0 bridgehead atoms. The number of aromatic carboxylic acids is 1. The molecular weight excluding hydrogens is 262 g/mol. The highest BCUT2D eigenvalue weighted by atomic mass is 16.4. The second kappa shape index (κ2) is 5.52. The Labute approximate surface area is 114 Å². The van der Waals surface area contributed by atoms with Gasteiger partial charge in [0.05, 0.1) is 5.56 Å². The van der Waals surface area contributed by atoms with Crippen LogP contribution in [0.5, 0.6) is 0 Å². The number of hydrazone groups is 1. The Kier molecular flexibility index (Phi) is 3.79. The molecule has 104 valence electrons. The molecule has 7 nitrogen and oxygen atoms in total. The van der Waals surface area contributed by atoms with Crippen molar-refractivity contribution in [2.24, 2.45) is 5.10 Å². The van der Waals surface area contributed by atoms with E-state index in [0.29, 0.717) is 11.3 Å². The van der Waals surface area contributed by atoms with E-state index < -0.39 is 11.9 Å². The number of nitrogens with one attached hydrogen (secondary N) is 2. The van der Waals surface area contributed by atoms with Crippen molar-refractivity contribution in [1.82, 2.24) is 5.43 Å². The summed E-state index contributed by atoms with van der Waals surface area (Å²) in [6.07, 6.45) is 0.468. The fourth-order valence-corrected chi connectivity index (χ4v) is 1.77. The maximum atomic E-state index is 11.9. The second-order valence-electron chi connectivity index (χ2n) is 4.38. The molecule has 2 rings (SSSR count). The zero-order chi connectivity index (χ0) is 14.7. The molecule has 1 heterocycles. The number of benzene rings is 1. The molecule has 0 fully saturated rings. The number of hydrogen-bond donors (Lipinski definition) is 3. The van der Waals surface area contributed by atoms with Crippen molar-refractivity contribution in [2.45, 2.75) is 19.8 Å². The van der Waals surface area contributed by atoms with E-state index in [4.69, 9.17) is 5.11 Å². The van der Waals surface area contributed by atoms with E-state index in [-0.39, 0.29) is 30.0 Å². The molecule has 0 radical (unpaired) electrons. The van der Waals surface area contributed by atoms with Crippen LogP contribution in [-0.2, 0) is 9.59 Å². The molecule has 3 N–H and O–H groups in total. The number of amides is 2. The number of rotatable bonds is 3. The maximum Gasteiger partial charge on any atom is 0.336 e. The Morgan fingerprint density at radius 3 is 2.70 bits per heavy atom. The fourth-order valence-electron chi connectivity index (χ4n) is 1.77. The van der Waals surface area contributed by atoms with Gasteiger partial charge in [-0.05, 0) is 24.6 Å². The summed E-state index contributed by atoms with van der Waals surface area (Å²) in [6.45, 7) is 1.68. The van der Waals surface area contributed by atoms with Crippen LogP contribution in [0, 0.1) is 6.92 Å². The normalized spacial score (nSPS) is 14.2. The number of carbonyl (C=O) groups is 3. The molecule has 0 aliphatic carbocycles. The molecule has 0 atom stereocenters. The molecule has 20 heavy (non-hydrogen) atoms. The van der Waals surface area contributed by atoms with Crippen molar-refractivity contribution >= 4 is 29.2 Å². The van der Waals surface area contributed by atoms with Crippen LogP contribution >= 0.6 is 0 Å². The van der Waals surface area contributed by atoms with Crippen LogP contribution in [0.3, 0.4) is 0 Å². The summed E-state index contributed by atoms with van der Waals surface area (Å²) in [5, 5.41) is 15.3. The van der Waals surface area contributed by atoms with Gasteiger partial charge in [-0.3, -0.25) is 9.59 Å². The fraction of sp³-hybridized carbons (Fsp3) is 0.231. The molecule has 7 heteroatoms. The highest BCUT2D eigenvalue weighted by molar-refractivity contribution is 6.43. The first-order valence-corrected chi connectivity index (χ1v) is 5.98. The average molecular weight is 275 g/mol. The Morgan fingerprint density at radius 2 is 2.10 bits per heavy atom. The number of hydrogen-bond acceptors (Lipinski definition) is 4. The van der Waals surface area contributed by atoms with Crippen molar-refractivity contribution in [3.8, 4) is 0 Å². The molecule has 1 aromatic carbocycles. The predicted octanol–water partition coefficient (Wildman–Crippen LogP) is 0.898. The van der Waals surface area contributed by atoms with Gasteiger partial charge in [0, 0.05) is 18.5 Å². The third-order valence-electron chi connectivity index (χ3n) is 2.89. The van der Waals surface area contributed by atoms with Gasteiger partial charge in [-0.2, -0.15) is 5.10 Å². The number of carboxylic acids is 1. The Hall–Kier alpha value is -2.70. The Balaban J connectivity index is 2.14. The summed E-state index contributed by atoms with van der Waals surface area (Å²) >= 11 is 0. The first kappa shape index (κ1) is 13.7. The van der Waals surface area contributed by atoms with Crippen LogP contribution in [0.15, 0.2) is 23.3 Å². The summed E-state index contributed by atoms with van der Waals surface area (Å²) in [4.78, 5) is 33.8. The SMILES string of the molecule is Cc1ccc(NC(=O)C2=NNC(=O)CC2)cc1C(=O)O. The summed E-state index contributed by atoms with van der Waals surface area (Å²) in [5.41, 5.74) is 3.55. The lowest BCUT2D eigenvalue weighted by molar-refractivity contribution is -0.121. The van der Waals surface area contributed by atoms with Crippen LogP contribution < -0.4 is 10.7 Å². The van der Waals surface area contributed by atoms with Gasteiger partial charge in [0.25, 0.3) is 5.91 Å². The van der Waals surface area contributed by atoms with Gasteiger partial charge in [0.2, 0.25) is 5.91 Å². The van der Waals surface area contributed by atoms with E-state index in [1.165, 1.54) is 6.07 Å². The first-order valence-electron chi connectivity index (χ1n) is 5.98. The molecule has 1 aliphatic rings. The number of anilines is 1. The summed E-state index contributed by atoms with van der Waals surface area (Å²) in [5.74, 6) is -1.74. The summed E-state index contributed by atoms with van der Waals surface area (Å²) < 4.78 is 0. The maximum absolute atomic E-state index is 11.9. The van der Waals surface area contributed by atoms with Crippen molar-refractivity contribution in [3.63, 3.8) is 0 Å². The Bertz CT molecular complexity index is 622. The molecular formula is C13H13N3O4. The highest BCUT2D eigenvalue weighted by Gasteiger charge is 2.18. The molecule has 2 amide bonds. The minimum Gasteiger partial charge on any atom is -0.478 e. The van der Waals surface area contributed by atoms with Crippen LogP contribution in [0.25, 0.3) is 0 Å². The predicted molar refractivity (Wildman–Crippen MR) is 71.6 cm³/mol. The quantitative estimate of drug-likeness (QED) is 0.761. The lowest BCUT2D eigenvalue weighted by Gasteiger charge is -2.12. The topological polar surface area (TPSA) is 108 Å². The van der Waals surface area contributed by atoms with Gasteiger partial charge in [0.15, 0.2) is 0 Å². The van der Waals surface area contributed by atoms with Gasteiger partial charge in [-0.15, -0.1) is 0 Å². The third-order valence-corrected chi connectivity index (χ3v) is 2.89. The van der Waals surface area contributed by atoms with Gasteiger partial charge >= 0.3 is 5.97 Å². The molecule has 0 saturated heterocycles. The zero-order valence-electron chi connectivity index (χ0n) is 10.8. The average Bonchev–Trinajstić information content (AvgIpc) is 2.41. The summed E-state index contributed by atoms with van der Waals surface area (Å²) in [7, 11) is 0. The van der Waals surface area contributed by atoms with E-state index in [0.717, 1.165) is 0 Å².